The first kappa shape index (κ1) is 33.3. The van der Waals surface area contributed by atoms with Crippen molar-refractivity contribution < 1.29 is 13.2 Å². The van der Waals surface area contributed by atoms with Crippen molar-refractivity contribution in [1.82, 2.24) is 19.8 Å². The van der Waals surface area contributed by atoms with Crippen LogP contribution in [-0.4, -0.2) is 61.0 Å². The Hall–Kier alpha value is -3.63. The Morgan fingerprint density at radius 3 is 2.45 bits per heavy atom. The fourth-order valence-electron chi connectivity index (χ4n) is 5.29. The SMILES string of the molecule is CCCc1nc2c(C)cc(C(=O)N[C@@H](CS)CC(C)C)cc2n1Cc1ccc(-c2ccccc2S(=O)(=O)/N=C/N(C)C)cc1. The van der Waals surface area contributed by atoms with Crippen molar-refractivity contribution in [3.63, 3.8) is 0 Å². The zero-order valence-corrected chi connectivity index (χ0v) is 28.1. The molecule has 1 aromatic heterocycles. The van der Waals surface area contributed by atoms with Crippen molar-refractivity contribution in [2.75, 3.05) is 19.8 Å². The number of aryl methyl sites for hydroxylation is 2. The summed E-state index contributed by atoms with van der Waals surface area (Å²) >= 11 is 4.46. The van der Waals surface area contributed by atoms with E-state index in [1.807, 2.05) is 49.4 Å². The molecular formula is C34H43N5O3S2. The molecule has 1 N–H and O–H groups in total. The van der Waals surface area contributed by atoms with Gasteiger partial charge in [-0.05, 0) is 60.6 Å². The van der Waals surface area contributed by atoms with Crippen molar-refractivity contribution in [1.29, 1.82) is 0 Å². The normalized spacial score (nSPS) is 12.7. The number of benzene rings is 3. The third kappa shape index (κ3) is 7.90. The van der Waals surface area contributed by atoms with E-state index < -0.39 is 10.0 Å². The van der Waals surface area contributed by atoms with Crippen LogP contribution in [0.4, 0.5) is 0 Å². The molecule has 3 aromatic carbocycles. The van der Waals surface area contributed by atoms with Crippen molar-refractivity contribution in [2.24, 2.45) is 10.3 Å². The summed E-state index contributed by atoms with van der Waals surface area (Å²) in [4.78, 5) is 20.0. The van der Waals surface area contributed by atoms with Gasteiger partial charge in [0, 0.05) is 50.0 Å². The molecule has 10 heteroatoms. The van der Waals surface area contributed by atoms with Crippen LogP contribution < -0.4 is 5.32 Å². The number of nitrogens with one attached hydrogen (secondary N) is 1. The molecule has 0 aliphatic rings. The third-order valence-corrected chi connectivity index (χ3v) is 9.08. The number of carbonyl (C=O) groups is 1. The Labute approximate surface area is 267 Å². The topological polar surface area (TPSA) is 96.7 Å². The van der Waals surface area contributed by atoms with E-state index in [4.69, 9.17) is 4.98 Å². The number of thiol groups is 1. The molecule has 0 spiro atoms. The summed E-state index contributed by atoms with van der Waals surface area (Å²) in [6, 6.07) is 18.7. The quantitative estimate of drug-likeness (QED) is 0.101. The van der Waals surface area contributed by atoms with Crippen LogP contribution in [0, 0.1) is 12.8 Å². The van der Waals surface area contributed by atoms with Crippen LogP contribution in [0.1, 0.15) is 60.9 Å². The Kier molecular flexibility index (Phi) is 10.9. The molecule has 44 heavy (non-hydrogen) atoms. The Balaban J connectivity index is 1.68. The fraction of sp³-hybridized carbons (Fsp3) is 0.382. The predicted molar refractivity (Wildman–Crippen MR) is 183 cm³/mol. The number of carbonyl (C=O) groups excluding carboxylic acids is 1. The summed E-state index contributed by atoms with van der Waals surface area (Å²) in [5, 5.41) is 3.16. The van der Waals surface area contributed by atoms with Gasteiger partial charge in [0.2, 0.25) is 0 Å². The van der Waals surface area contributed by atoms with E-state index in [9.17, 15) is 13.2 Å². The molecule has 0 unspecified atom stereocenters. The minimum atomic E-state index is -3.87. The fourth-order valence-corrected chi connectivity index (χ4v) is 6.68. The van der Waals surface area contributed by atoms with Crippen LogP contribution in [-0.2, 0) is 23.0 Å². The van der Waals surface area contributed by atoms with Gasteiger partial charge in [-0.3, -0.25) is 4.79 Å². The number of nitrogens with zero attached hydrogens (tertiary/aromatic N) is 4. The highest BCUT2D eigenvalue weighted by atomic mass is 32.2. The lowest BCUT2D eigenvalue weighted by molar-refractivity contribution is 0.0937. The van der Waals surface area contributed by atoms with Gasteiger partial charge >= 0.3 is 0 Å². The number of imidazole rings is 1. The third-order valence-electron chi connectivity index (χ3n) is 7.36. The van der Waals surface area contributed by atoms with E-state index in [0.29, 0.717) is 29.3 Å². The van der Waals surface area contributed by atoms with Gasteiger partial charge in [0.25, 0.3) is 15.9 Å². The second kappa shape index (κ2) is 14.4. The van der Waals surface area contributed by atoms with Crippen LogP contribution in [0.3, 0.4) is 0 Å². The lowest BCUT2D eigenvalue weighted by atomic mass is 10.0. The standard InChI is InChI=1S/C34H43N5O3S2/c1-7-10-32-37-33-24(4)18-27(34(40)36-28(21-43)17-23(2)3)19-30(33)39(32)20-25-13-15-26(16-14-25)29-11-8-9-12-31(29)44(41,42)35-22-38(5)6/h8-9,11-16,18-19,22-23,28,43H,7,10,17,20-21H2,1-6H3,(H,36,40)/b35-22+/t28-/m1/s1. The van der Waals surface area contributed by atoms with E-state index in [2.05, 4.69) is 47.7 Å². The molecule has 0 bridgehead atoms. The maximum atomic E-state index is 13.3. The molecule has 1 atom stereocenters. The molecule has 8 nitrogen and oxygen atoms in total. The van der Waals surface area contributed by atoms with Crippen LogP contribution in [0.5, 0.6) is 0 Å². The second-order valence-electron chi connectivity index (χ2n) is 11.9. The minimum absolute atomic E-state index is 0.000758. The zero-order chi connectivity index (χ0) is 32.0. The highest BCUT2D eigenvalue weighted by Gasteiger charge is 2.20. The van der Waals surface area contributed by atoms with Gasteiger partial charge in [-0.1, -0.05) is 63.2 Å². The molecule has 234 valence electrons. The minimum Gasteiger partial charge on any atom is -0.368 e. The molecule has 1 amide bonds. The molecule has 0 saturated carbocycles. The Morgan fingerprint density at radius 1 is 1.11 bits per heavy atom. The molecule has 1 heterocycles. The van der Waals surface area contributed by atoms with E-state index in [-0.39, 0.29) is 16.8 Å². The van der Waals surface area contributed by atoms with Gasteiger partial charge in [0.1, 0.15) is 12.2 Å². The predicted octanol–water partition coefficient (Wildman–Crippen LogP) is 6.37. The average molecular weight is 634 g/mol. The highest BCUT2D eigenvalue weighted by Crippen LogP contribution is 2.30. The van der Waals surface area contributed by atoms with Gasteiger partial charge in [0.05, 0.1) is 15.9 Å². The van der Waals surface area contributed by atoms with Crippen LogP contribution in [0.15, 0.2) is 70.0 Å². The summed E-state index contributed by atoms with van der Waals surface area (Å²) in [5.74, 6) is 1.90. The molecule has 0 aliphatic heterocycles. The monoisotopic (exact) mass is 633 g/mol. The summed E-state index contributed by atoms with van der Waals surface area (Å²) in [6.07, 6.45) is 3.90. The van der Waals surface area contributed by atoms with Gasteiger partial charge in [-0.2, -0.15) is 21.0 Å². The summed E-state index contributed by atoms with van der Waals surface area (Å²) < 4.78 is 32.0. The lowest BCUT2D eigenvalue weighted by Crippen LogP contribution is -2.37. The van der Waals surface area contributed by atoms with Crippen molar-refractivity contribution >= 4 is 45.9 Å². The van der Waals surface area contributed by atoms with Gasteiger partial charge < -0.3 is 14.8 Å². The first-order chi connectivity index (χ1) is 20.9. The first-order valence-corrected chi connectivity index (χ1v) is 17.1. The van der Waals surface area contributed by atoms with Crippen LogP contribution in [0.2, 0.25) is 0 Å². The smallest absolute Gasteiger partial charge is 0.284 e. The molecule has 0 aliphatic carbocycles. The van der Waals surface area contributed by atoms with Gasteiger partial charge in [-0.25, -0.2) is 4.98 Å². The summed E-state index contributed by atoms with van der Waals surface area (Å²) in [7, 11) is -0.424. The van der Waals surface area contributed by atoms with E-state index >= 15 is 0 Å². The summed E-state index contributed by atoms with van der Waals surface area (Å²) in [5.41, 5.74) is 5.80. The maximum Gasteiger partial charge on any atom is 0.284 e. The largest absolute Gasteiger partial charge is 0.368 e. The van der Waals surface area contributed by atoms with Gasteiger partial charge in [0.15, 0.2) is 0 Å². The van der Waals surface area contributed by atoms with Gasteiger partial charge in [-0.15, -0.1) is 4.40 Å². The maximum absolute atomic E-state index is 13.3. The first-order valence-electron chi connectivity index (χ1n) is 15.0. The molecule has 0 fully saturated rings. The van der Waals surface area contributed by atoms with Crippen molar-refractivity contribution in [2.45, 2.75) is 64.4 Å². The molecule has 4 rings (SSSR count). The van der Waals surface area contributed by atoms with Crippen LogP contribution in [0.25, 0.3) is 22.2 Å². The summed E-state index contributed by atoms with van der Waals surface area (Å²) in [6.45, 7) is 8.97. The number of fused-ring (bicyclic) bond motifs is 1. The number of sulfonamides is 1. The van der Waals surface area contributed by atoms with Crippen molar-refractivity contribution in [3.8, 4) is 11.1 Å². The zero-order valence-electron chi connectivity index (χ0n) is 26.4. The molecule has 4 aromatic rings. The lowest BCUT2D eigenvalue weighted by Gasteiger charge is -2.19. The van der Waals surface area contributed by atoms with E-state index in [0.717, 1.165) is 52.8 Å². The van der Waals surface area contributed by atoms with E-state index in [1.54, 1.807) is 37.2 Å². The van der Waals surface area contributed by atoms with E-state index in [1.165, 1.54) is 6.34 Å². The average Bonchev–Trinajstić information content (AvgIpc) is 3.33. The number of hydrogen-bond acceptors (Lipinski definition) is 5. The number of hydrogen-bond donors (Lipinski definition) is 2. The number of rotatable bonds is 13. The Morgan fingerprint density at radius 2 is 1.82 bits per heavy atom. The molecule has 0 saturated heterocycles. The Bertz CT molecular complexity index is 1740. The molecular weight excluding hydrogens is 591 g/mol. The number of amides is 1. The molecule has 0 radical (unpaired) electrons. The van der Waals surface area contributed by atoms with Crippen molar-refractivity contribution in [3.05, 3.63) is 83.2 Å². The number of aromatic nitrogens is 2. The van der Waals surface area contributed by atoms with Crippen LogP contribution >= 0.6 is 12.6 Å². The second-order valence-corrected chi connectivity index (χ2v) is 13.8. The highest BCUT2D eigenvalue weighted by molar-refractivity contribution is 7.90.